The lowest BCUT2D eigenvalue weighted by Crippen LogP contribution is -2.35. The Bertz CT molecular complexity index is 785. The molecular formula is C15H14FNO7. The predicted molar refractivity (Wildman–Crippen MR) is 78.5 cm³/mol. The van der Waals surface area contributed by atoms with Gasteiger partial charge in [0.15, 0.2) is 5.92 Å². The van der Waals surface area contributed by atoms with Crippen molar-refractivity contribution in [2.75, 3.05) is 13.2 Å². The second-order valence-electron chi connectivity index (χ2n) is 5.02. The van der Waals surface area contributed by atoms with Crippen LogP contribution in [0.2, 0.25) is 0 Å². The molecule has 1 aromatic carbocycles. The maximum atomic E-state index is 14.3. The monoisotopic (exact) mass is 339 g/mol. The third-order valence-electron chi connectivity index (χ3n) is 3.53. The highest BCUT2D eigenvalue weighted by Gasteiger charge is 2.41. The molecule has 9 heteroatoms. The number of aliphatic carboxylic acids is 1. The van der Waals surface area contributed by atoms with Crippen LogP contribution in [0.1, 0.15) is 18.4 Å². The fourth-order valence-electron chi connectivity index (χ4n) is 2.50. The van der Waals surface area contributed by atoms with Gasteiger partial charge in [0.1, 0.15) is 11.4 Å². The minimum Gasteiger partial charge on any atom is -0.481 e. The minimum absolute atomic E-state index is 0.100. The molecule has 2 unspecified atom stereocenters. The van der Waals surface area contributed by atoms with E-state index in [0.717, 1.165) is 6.07 Å². The van der Waals surface area contributed by atoms with E-state index < -0.39 is 41.1 Å². The summed E-state index contributed by atoms with van der Waals surface area (Å²) in [5.74, 6) is -7.07. The number of halogens is 1. The molecule has 1 N–H and O–H groups in total. The van der Waals surface area contributed by atoms with Gasteiger partial charge in [0, 0.05) is 16.4 Å². The third-order valence-corrected chi connectivity index (χ3v) is 3.53. The third kappa shape index (κ3) is 3.50. The molecule has 1 heterocycles. The Morgan fingerprint density at radius 1 is 1.46 bits per heavy atom. The zero-order chi connectivity index (χ0) is 17.9. The van der Waals surface area contributed by atoms with Crippen LogP contribution in [0.15, 0.2) is 28.9 Å². The molecule has 2 aromatic rings. The van der Waals surface area contributed by atoms with Crippen LogP contribution >= 0.6 is 0 Å². The largest absolute Gasteiger partial charge is 0.481 e. The van der Waals surface area contributed by atoms with E-state index in [1.54, 1.807) is 0 Å². The van der Waals surface area contributed by atoms with Crippen LogP contribution in [-0.2, 0) is 14.3 Å². The fraction of sp³-hybridized carbons (Fsp3) is 0.333. The number of hydrogen-bond donors (Lipinski definition) is 1. The lowest BCUT2D eigenvalue weighted by atomic mass is 9.85. The SMILES string of the molecule is CCOC(=O)C(C(=O)O)C(C[N+](=O)[O-])c1cc2ccoc2cc1F. The number of fused-ring (bicyclic) bond motifs is 1. The predicted octanol–water partition coefficient (Wildman–Crippen LogP) is 2.20. The molecule has 0 aliphatic heterocycles. The summed E-state index contributed by atoms with van der Waals surface area (Å²) >= 11 is 0. The average Bonchev–Trinajstić information content (AvgIpc) is 2.92. The van der Waals surface area contributed by atoms with E-state index in [9.17, 15) is 29.2 Å². The summed E-state index contributed by atoms with van der Waals surface area (Å²) in [6, 6.07) is 3.75. The second kappa shape index (κ2) is 7.07. The summed E-state index contributed by atoms with van der Waals surface area (Å²) in [6.07, 6.45) is 1.30. The van der Waals surface area contributed by atoms with Gasteiger partial charge in [-0.2, -0.15) is 0 Å². The van der Waals surface area contributed by atoms with Crippen molar-refractivity contribution in [3.63, 3.8) is 0 Å². The number of carbonyl (C=O) groups is 2. The molecule has 0 aliphatic rings. The van der Waals surface area contributed by atoms with Crippen LogP contribution in [-0.4, -0.2) is 35.1 Å². The number of rotatable bonds is 7. The van der Waals surface area contributed by atoms with Gasteiger partial charge >= 0.3 is 11.9 Å². The lowest BCUT2D eigenvalue weighted by molar-refractivity contribution is -0.484. The lowest BCUT2D eigenvalue weighted by Gasteiger charge is -2.20. The first kappa shape index (κ1) is 17.4. The number of furan rings is 1. The van der Waals surface area contributed by atoms with Gasteiger partial charge in [0.25, 0.3) is 0 Å². The molecule has 0 aliphatic carbocycles. The van der Waals surface area contributed by atoms with Crippen LogP contribution in [0.5, 0.6) is 0 Å². The summed E-state index contributed by atoms with van der Waals surface area (Å²) in [5.41, 5.74) is -0.0415. The second-order valence-corrected chi connectivity index (χ2v) is 5.02. The summed E-state index contributed by atoms with van der Waals surface area (Å²) in [6.45, 7) is 0.435. The molecule has 8 nitrogen and oxygen atoms in total. The van der Waals surface area contributed by atoms with Crippen LogP contribution in [0, 0.1) is 21.8 Å². The zero-order valence-corrected chi connectivity index (χ0v) is 12.6. The van der Waals surface area contributed by atoms with Crippen molar-refractivity contribution < 1.29 is 33.2 Å². The molecule has 0 saturated carbocycles. The molecule has 1 aromatic heterocycles. The normalized spacial score (nSPS) is 13.4. The fourth-order valence-corrected chi connectivity index (χ4v) is 2.50. The first-order chi connectivity index (χ1) is 11.3. The van der Waals surface area contributed by atoms with Crippen molar-refractivity contribution in [1.82, 2.24) is 0 Å². The Morgan fingerprint density at radius 2 is 2.17 bits per heavy atom. The number of carboxylic acids is 1. The smallest absolute Gasteiger partial charge is 0.321 e. The number of esters is 1. The molecule has 0 amide bonds. The van der Waals surface area contributed by atoms with Gasteiger partial charge in [-0.05, 0) is 24.6 Å². The maximum Gasteiger partial charge on any atom is 0.321 e. The molecule has 2 atom stereocenters. The Balaban J connectivity index is 2.56. The molecule has 2 rings (SSSR count). The van der Waals surface area contributed by atoms with Crippen molar-refractivity contribution in [3.8, 4) is 0 Å². The standard InChI is InChI=1S/C15H14FNO7/c1-2-23-15(20)13(14(18)19)10(7-17(21)22)9-5-8-3-4-24-12(8)6-11(9)16/h3-6,10,13H,2,7H2,1H3,(H,18,19). The van der Waals surface area contributed by atoms with Gasteiger partial charge in [-0.3, -0.25) is 19.7 Å². The number of hydrogen-bond acceptors (Lipinski definition) is 6. The van der Waals surface area contributed by atoms with E-state index in [-0.39, 0.29) is 17.8 Å². The minimum atomic E-state index is -1.89. The first-order valence-corrected chi connectivity index (χ1v) is 7.03. The molecule has 0 fully saturated rings. The Labute approximate surface area is 135 Å². The summed E-state index contributed by atoms with van der Waals surface area (Å²) in [5, 5.41) is 20.7. The average molecular weight is 339 g/mol. The highest BCUT2D eigenvalue weighted by atomic mass is 19.1. The summed E-state index contributed by atoms with van der Waals surface area (Å²) < 4.78 is 24.0. The van der Waals surface area contributed by atoms with Gasteiger partial charge < -0.3 is 14.3 Å². The Hall–Kier alpha value is -2.97. The molecule has 0 saturated heterocycles. The maximum absolute atomic E-state index is 14.3. The highest BCUT2D eigenvalue weighted by molar-refractivity contribution is 5.95. The molecule has 0 spiro atoms. The van der Waals surface area contributed by atoms with Crippen LogP contribution in [0.4, 0.5) is 4.39 Å². The van der Waals surface area contributed by atoms with Crippen molar-refractivity contribution in [3.05, 3.63) is 46.0 Å². The van der Waals surface area contributed by atoms with Gasteiger partial charge in [-0.1, -0.05) is 0 Å². The molecule has 128 valence electrons. The van der Waals surface area contributed by atoms with E-state index in [0.29, 0.717) is 5.39 Å². The quantitative estimate of drug-likeness (QED) is 0.355. The highest BCUT2D eigenvalue weighted by Crippen LogP contribution is 2.32. The van der Waals surface area contributed by atoms with Gasteiger partial charge in [0.05, 0.1) is 18.8 Å². The number of benzene rings is 1. The van der Waals surface area contributed by atoms with Crippen molar-refractivity contribution in [2.24, 2.45) is 5.92 Å². The van der Waals surface area contributed by atoms with E-state index in [1.807, 2.05) is 0 Å². The van der Waals surface area contributed by atoms with Crippen LogP contribution < -0.4 is 0 Å². The van der Waals surface area contributed by atoms with Crippen LogP contribution in [0.3, 0.4) is 0 Å². The number of nitrogens with zero attached hydrogens (tertiary/aromatic N) is 1. The first-order valence-electron chi connectivity index (χ1n) is 7.03. The number of carbonyl (C=O) groups excluding carboxylic acids is 1. The van der Waals surface area contributed by atoms with Crippen molar-refractivity contribution in [1.29, 1.82) is 0 Å². The molecular weight excluding hydrogens is 325 g/mol. The topological polar surface area (TPSA) is 120 Å². The van der Waals surface area contributed by atoms with Gasteiger partial charge in [-0.15, -0.1) is 0 Å². The van der Waals surface area contributed by atoms with E-state index in [1.165, 1.54) is 25.3 Å². The van der Waals surface area contributed by atoms with E-state index in [2.05, 4.69) is 4.74 Å². The van der Waals surface area contributed by atoms with Crippen LogP contribution in [0.25, 0.3) is 11.0 Å². The number of carboxylic acid groups (broad SMARTS) is 1. The number of nitro groups is 1. The molecule has 0 bridgehead atoms. The van der Waals surface area contributed by atoms with E-state index >= 15 is 0 Å². The Kier molecular flexibility index (Phi) is 5.12. The van der Waals surface area contributed by atoms with Gasteiger partial charge in [0.2, 0.25) is 6.54 Å². The van der Waals surface area contributed by atoms with Gasteiger partial charge in [-0.25, -0.2) is 4.39 Å². The van der Waals surface area contributed by atoms with Crippen molar-refractivity contribution >= 4 is 22.9 Å². The molecule has 24 heavy (non-hydrogen) atoms. The summed E-state index contributed by atoms with van der Waals surface area (Å²) in [7, 11) is 0. The van der Waals surface area contributed by atoms with E-state index in [4.69, 9.17) is 4.42 Å². The number of ether oxygens (including phenoxy) is 1. The van der Waals surface area contributed by atoms with Crippen molar-refractivity contribution in [2.45, 2.75) is 12.8 Å². The Morgan fingerprint density at radius 3 is 2.75 bits per heavy atom. The molecule has 0 radical (unpaired) electrons. The summed E-state index contributed by atoms with van der Waals surface area (Å²) in [4.78, 5) is 33.6. The zero-order valence-electron chi connectivity index (χ0n) is 12.6.